The van der Waals surface area contributed by atoms with Gasteiger partial charge >= 0.3 is 0 Å². The Balaban J connectivity index is 1.78. The van der Waals surface area contributed by atoms with Crippen LogP contribution in [-0.2, 0) is 0 Å². The summed E-state index contributed by atoms with van der Waals surface area (Å²) in [5, 5.41) is 3.36. The van der Waals surface area contributed by atoms with E-state index in [-0.39, 0.29) is 0 Å². The van der Waals surface area contributed by atoms with Crippen molar-refractivity contribution in [3.05, 3.63) is 18.3 Å². The van der Waals surface area contributed by atoms with Gasteiger partial charge < -0.3 is 11.1 Å². The molecule has 1 aromatic heterocycles. The summed E-state index contributed by atoms with van der Waals surface area (Å²) in [6, 6.07) is 4.37. The molecule has 2 rings (SSSR count). The Bertz CT molecular complexity index is 330. The minimum absolute atomic E-state index is 0.564. The molecule has 1 saturated heterocycles. The smallest absolute Gasteiger partial charge is 0.126 e. The largest absolute Gasteiger partial charge is 0.397 e. The summed E-state index contributed by atoms with van der Waals surface area (Å²) < 4.78 is 0. The van der Waals surface area contributed by atoms with Crippen molar-refractivity contribution in [2.45, 2.75) is 32.2 Å². The number of pyridine rings is 1. The number of likely N-dealkylation sites (tertiary alicyclic amines) is 1. The van der Waals surface area contributed by atoms with Gasteiger partial charge in [-0.15, -0.1) is 0 Å². The summed E-state index contributed by atoms with van der Waals surface area (Å²) in [7, 11) is 0. The van der Waals surface area contributed by atoms with Crippen LogP contribution in [-0.4, -0.2) is 35.6 Å². The van der Waals surface area contributed by atoms with Crippen molar-refractivity contribution in [1.82, 2.24) is 9.88 Å². The molecule has 1 aromatic rings. The molecule has 1 aliphatic heterocycles. The van der Waals surface area contributed by atoms with E-state index in [9.17, 15) is 0 Å². The zero-order chi connectivity index (χ0) is 12.1. The highest BCUT2D eigenvalue weighted by Crippen LogP contribution is 2.13. The first-order valence-corrected chi connectivity index (χ1v) is 6.45. The molecule has 0 aliphatic carbocycles. The van der Waals surface area contributed by atoms with E-state index < -0.39 is 0 Å². The normalized spacial score (nSPS) is 18.9. The number of hydrogen-bond donors (Lipinski definition) is 2. The van der Waals surface area contributed by atoms with E-state index in [1.54, 1.807) is 6.20 Å². The van der Waals surface area contributed by atoms with Gasteiger partial charge in [0, 0.05) is 12.6 Å². The molecule has 1 atom stereocenters. The molecule has 94 valence electrons. The van der Waals surface area contributed by atoms with Crippen molar-refractivity contribution >= 4 is 11.5 Å². The predicted octanol–water partition coefficient (Wildman–Crippen LogP) is 1.95. The molecule has 0 radical (unpaired) electrons. The number of nitrogens with one attached hydrogen (secondary N) is 1. The lowest BCUT2D eigenvalue weighted by Gasteiger charge is -2.32. The molecule has 1 unspecified atom stereocenters. The van der Waals surface area contributed by atoms with Crippen LogP contribution in [0.4, 0.5) is 11.5 Å². The van der Waals surface area contributed by atoms with Crippen molar-refractivity contribution < 1.29 is 0 Å². The third-order valence-corrected chi connectivity index (χ3v) is 3.38. The van der Waals surface area contributed by atoms with Gasteiger partial charge in [-0.1, -0.05) is 6.42 Å². The van der Waals surface area contributed by atoms with E-state index in [1.807, 2.05) is 12.1 Å². The standard InChI is InChI=1S/C13H22N4/c1-11(17-7-3-2-4-8-17)9-15-13-6-5-12(14)10-16-13/h5-6,10-11H,2-4,7-9,14H2,1H3,(H,15,16). The Labute approximate surface area is 103 Å². The van der Waals surface area contributed by atoms with Crippen LogP contribution in [0.5, 0.6) is 0 Å². The van der Waals surface area contributed by atoms with E-state index in [0.29, 0.717) is 11.7 Å². The Morgan fingerprint density at radius 3 is 2.76 bits per heavy atom. The summed E-state index contributed by atoms with van der Waals surface area (Å²) in [6.45, 7) is 5.68. The molecule has 2 heterocycles. The van der Waals surface area contributed by atoms with Crippen molar-refractivity contribution in [2.75, 3.05) is 30.7 Å². The van der Waals surface area contributed by atoms with E-state index in [4.69, 9.17) is 5.73 Å². The Hall–Kier alpha value is -1.29. The highest BCUT2D eigenvalue weighted by atomic mass is 15.2. The van der Waals surface area contributed by atoms with Crippen molar-refractivity contribution in [2.24, 2.45) is 0 Å². The lowest BCUT2D eigenvalue weighted by molar-refractivity contribution is 0.180. The lowest BCUT2D eigenvalue weighted by atomic mass is 10.1. The second-order valence-electron chi connectivity index (χ2n) is 4.80. The number of nitrogens with two attached hydrogens (primary N) is 1. The minimum atomic E-state index is 0.564. The second kappa shape index (κ2) is 5.87. The average Bonchev–Trinajstić information content (AvgIpc) is 2.39. The number of hydrogen-bond acceptors (Lipinski definition) is 4. The number of anilines is 2. The van der Waals surface area contributed by atoms with Gasteiger partial charge in [0.05, 0.1) is 11.9 Å². The molecule has 3 N–H and O–H groups in total. The molecular weight excluding hydrogens is 212 g/mol. The first-order chi connectivity index (χ1) is 8.25. The van der Waals surface area contributed by atoms with Crippen LogP contribution >= 0.6 is 0 Å². The summed E-state index contributed by atoms with van der Waals surface area (Å²) in [4.78, 5) is 6.79. The zero-order valence-electron chi connectivity index (χ0n) is 10.5. The third kappa shape index (κ3) is 3.60. The monoisotopic (exact) mass is 234 g/mol. The molecule has 0 aromatic carbocycles. The Morgan fingerprint density at radius 2 is 2.12 bits per heavy atom. The molecular formula is C13H22N4. The van der Waals surface area contributed by atoms with E-state index in [0.717, 1.165) is 12.4 Å². The summed E-state index contributed by atoms with van der Waals surface area (Å²) in [5.41, 5.74) is 6.31. The van der Waals surface area contributed by atoms with Crippen LogP contribution < -0.4 is 11.1 Å². The highest BCUT2D eigenvalue weighted by molar-refractivity contribution is 5.43. The molecule has 0 bridgehead atoms. The van der Waals surface area contributed by atoms with Gasteiger partial charge in [0.1, 0.15) is 5.82 Å². The quantitative estimate of drug-likeness (QED) is 0.836. The van der Waals surface area contributed by atoms with Crippen LogP contribution in [0.2, 0.25) is 0 Å². The Morgan fingerprint density at radius 1 is 1.35 bits per heavy atom. The minimum Gasteiger partial charge on any atom is -0.397 e. The Kier molecular flexibility index (Phi) is 4.20. The van der Waals surface area contributed by atoms with Gasteiger partial charge in [-0.05, 0) is 45.0 Å². The maximum absolute atomic E-state index is 5.60. The number of nitrogen functional groups attached to an aromatic ring is 1. The van der Waals surface area contributed by atoms with Gasteiger partial charge in [-0.25, -0.2) is 4.98 Å². The molecule has 0 spiro atoms. The number of aromatic nitrogens is 1. The van der Waals surface area contributed by atoms with Crippen molar-refractivity contribution in [3.63, 3.8) is 0 Å². The summed E-state index contributed by atoms with van der Waals surface area (Å²) in [5.74, 6) is 0.906. The average molecular weight is 234 g/mol. The predicted molar refractivity (Wildman–Crippen MR) is 72.0 cm³/mol. The van der Waals surface area contributed by atoms with Crippen molar-refractivity contribution in [3.8, 4) is 0 Å². The summed E-state index contributed by atoms with van der Waals surface area (Å²) in [6.07, 6.45) is 5.75. The maximum atomic E-state index is 5.60. The van der Waals surface area contributed by atoms with Gasteiger partial charge in [0.15, 0.2) is 0 Å². The van der Waals surface area contributed by atoms with Crippen LogP contribution in [0.25, 0.3) is 0 Å². The molecule has 0 saturated carbocycles. The first-order valence-electron chi connectivity index (χ1n) is 6.45. The topological polar surface area (TPSA) is 54.2 Å². The van der Waals surface area contributed by atoms with E-state index in [1.165, 1.54) is 32.4 Å². The lowest BCUT2D eigenvalue weighted by Crippen LogP contribution is -2.41. The fraction of sp³-hybridized carbons (Fsp3) is 0.615. The van der Waals surface area contributed by atoms with Gasteiger partial charge in [0.2, 0.25) is 0 Å². The number of rotatable bonds is 4. The molecule has 1 fully saturated rings. The highest BCUT2D eigenvalue weighted by Gasteiger charge is 2.16. The molecule has 4 heteroatoms. The molecule has 17 heavy (non-hydrogen) atoms. The van der Waals surface area contributed by atoms with Gasteiger partial charge in [-0.3, -0.25) is 4.90 Å². The zero-order valence-corrected chi connectivity index (χ0v) is 10.5. The fourth-order valence-corrected chi connectivity index (χ4v) is 2.25. The fourth-order valence-electron chi connectivity index (χ4n) is 2.25. The molecule has 0 amide bonds. The maximum Gasteiger partial charge on any atom is 0.126 e. The number of piperidine rings is 1. The first kappa shape index (κ1) is 12.2. The SMILES string of the molecule is CC(CNc1ccc(N)cn1)N1CCCCC1. The van der Waals surface area contributed by atoms with Crippen LogP contribution in [0.1, 0.15) is 26.2 Å². The summed E-state index contributed by atoms with van der Waals surface area (Å²) >= 11 is 0. The van der Waals surface area contributed by atoms with Crippen molar-refractivity contribution in [1.29, 1.82) is 0 Å². The second-order valence-corrected chi connectivity index (χ2v) is 4.80. The van der Waals surface area contributed by atoms with Gasteiger partial charge in [-0.2, -0.15) is 0 Å². The van der Waals surface area contributed by atoms with Crippen LogP contribution in [0, 0.1) is 0 Å². The third-order valence-electron chi connectivity index (χ3n) is 3.38. The van der Waals surface area contributed by atoms with Crippen LogP contribution in [0.3, 0.4) is 0 Å². The molecule has 4 nitrogen and oxygen atoms in total. The number of nitrogens with zero attached hydrogens (tertiary/aromatic N) is 2. The van der Waals surface area contributed by atoms with Gasteiger partial charge in [0.25, 0.3) is 0 Å². The van der Waals surface area contributed by atoms with Crippen LogP contribution in [0.15, 0.2) is 18.3 Å². The molecule has 1 aliphatic rings. The van der Waals surface area contributed by atoms with E-state index >= 15 is 0 Å². The van der Waals surface area contributed by atoms with E-state index in [2.05, 4.69) is 22.1 Å².